The minimum Gasteiger partial charge on any atom is -0.372 e. The molecule has 0 fully saturated rings. The second-order valence-electron chi connectivity index (χ2n) is 4.05. The van der Waals surface area contributed by atoms with Gasteiger partial charge in [-0.2, -0.15) is 5.10 Å². The van der Waals surface area contributed by atoms with Gasteiger partial charge < -0.3 is 10.6 Å². The summed E-state index contributed by atoms with van der Waals surface area (Å²) in [5, 5.41) is 9.88. The van der Waals surface area contributed by atoms with Crippen LogP contribution in [0.25, 0.3) is 0 Å². The molecule has 0 aromatic carbocycles. The lowest BCUT2D eigenvalue weighted by atomic mass is 10.2. The Morgan fingerprint density at radius 3 is 2.74 bits per heavy atom. The minimum absolute atomic E-state index is 0.235. The zero-order valence-electron chi connectivity index (χ0n) is 10.9. The van der Waals surface area contributed by atoms with Crippen molar-refractivity contribution in [3.63, 3.8) is 0 Å². The Hall–Kier alpha value is -1.89. The van der Waals surface area contributed by atoms with Crippen LogP contribution < -0.4 is 10.6 Å². The van der Waals surface area contributed by atoms with Gasteiger partial charge in [0.05, 0.1) is 11.3 Å². The molecule has 2 heterocycles. The maximum Gasteiger partial charge on any atom is 0.260 e. The molecule has 0 spiro atoms. The quantitative estimate of drug-likeness (QED) is 0.908. The average molecular weight is 324 g/mol. The second kappa shape index (κ2) is 5.40. The van der Waals surface area contributed by atoms with Gasteiger partial charge in [-0.3, -0.25) is 9.48 Å². The van der Waals surface area contributed by atoms with Gasteiger partial charge in [0.25, 0.3) is 5.91 Å². The van der Waals surface area contributed by atoms with E-state index in [2.05, 4.69) is 36.6 Å². The van der Waals surface area contributed by atoms with Crippen LogP contribution in [-0.4, -0.2) is 27.7 Å². The molecule has 19 heavy (non-hydrogen) atoms. The smallest absolute Gasteiger partial charge is 0.260 e. The standard InChI is InChI=1S/C12H14BrN5O/c1-7-4-10(18(3)17-7)16-12(19)9-5-8(13)6-15-11(9)14-2/h4-6H,1-3H3,(H,14,15)(H,16,19). The molecule has 2 rings (SSSR count). The number of halogens is 1. The van der Waals surface area contributed by atoms with Crippen molar-refractivity contribution in [1.29, 1.82) is 0 Å². The van der Waals surface area contributed by atoms with Crippen LogP contribution in [0, 0.1) is 6.92 Å². The largest absolute Gasteiger partial charge is 0.372 e. The number of pyridine rings is 1. The predicted molar refractivity (Wildman–Crippen MR) is 77.4 cm³/mol. The highest BCUT2D eigenvalue weighted by atomic mass is 79.9. The summed E-state index contributed by atoms with van der Waals surface area (Å²) >= 11 is 3.31. The van der Waals surface area contributed by atoms with Crippen LogP contribution in [0.15, 0.2) is 22.8 Å². The number of amides is 1. The molecule has 0 aliphatic rings. The van der Waals surface area contributed by atoms with E-state index >= 15 is 0 Å². The summed E-state index contributed by atoms with van der Waals surface area (Å²) in [4.78, 5) is 16.4. The summed E-state index contributed by atoms with van der Waals surface area (Å²) < 4.78 is 2.37. The zero-order chi connectivity index (χ0) is 14.0. The van der Waals surface area contributed by atoms with Crippen LogP contribution in [0.3, 0.4) is 0 Å². The molecule has 7 heteroatoms. The topological polar surface area (TPSA) is 71.8 Å². The summed E-state index contributed by atoms with van der Waals surface area (Å²) in [7, 11) is 3.50. The Bertz CT molecular complexity index is 623. The molecular formula is C12H14BrN5O. The van der Waals surface area contributed by atoms with Crippen molar-refractivity contribution in [1.82, 2.24) is 14.8 Å². The van der Waals surface area contributed by atoms with Crippen LogP contribution in [-0.2, 0) is 7.05 Å². The number of nitrogens with zero attached hydrogens (tertiary/aromatic N) is 3. The Morgan fingerprint density at radius 2 is 2.16 bits per heavy atom. The lowest BCUT2D eigenvalue weighted by Crippen LogP contribution is -2.16. The molecule has 0 atom stereocenters. The van der Waals surface area contributed by atoms with E-state index in [0.717, 1.165) is 10.2 Å². The van der Waals surface area contributed by atoms with E-state index in [-0.39, 0.29) is 5.91 Å². The number of carbonyl (C=O) groups excluding carboxylic acids is 1. The third kappa shape index (κ3) is 2.93. The summed E-state index contributed by atoms with van der Waals surface area (Å²) in [6, 6.07) is 3.53. The van der Waals surface area contributed by atoms with E-state index in [0.29, 0.717) is 17.2 Å². The number of rotatable bonds is 3. The van der Waals surface area contributed by atoms with Gasteiger partial charge in [-0.25, -0.2) is 4.98 Å². The van der Waals surface area contributed by atoms with Crippen LogP contribution in [0.2, 0.25) is 0 Å². The van der Waals surface area contributed by atoms with Crippen LogP contribution in [0.4, 0.5) is 11.6 Å². The average Bonchev–Trinajstić information content (AvgIpc) is 2.67. The molecule has 6 nitrogen and oxygen atoms in total. The fourth-order valence-electron chi connectivity index (χ4n) is 1.72. The molecular weight excluding hydrogens is 310 g/mol. The molecule has 0 saturated carbocycles. The van der Waals surface area contributed by atoms with Gasteiger partial charge in [0.1, 0.15) is 11.6 Å². The summed E-state index contributed by atoms with van der Waals surface area (Å²) in [5.41, 5.74) is 1.31. The summed E-state index contributed by atoms with van der Waals surface area (Å²) in [6.07, 6.45) is 1.64. The molecule has 0 unspecified atom stereocenters. The maximum atomic E-state index is 12.3. The molecule has 0 aliphatic heterocycles. The third-order valence-corrected chi connectivity index (χ3v) is 3.01. The number of carbonyl (C=O) groups is 1. The molecule has 2 aromatic heterocycles. The fraction of sp³-hybridized carbons (Fsp3) is 0.250. The predicted octanol–water partition coefficient (Wildman–Crippen LogP) is 2.18. The monoisotopic (exact) mass is 323 g/mol. The van der Waals surface area contributed by atoms with E-state index in [1.54, 1.807) is 31.0 Å². The van der Waals surface area contributed by atoms with Crippen LogP contribution >= 0.6 is 15.9 Å². The van der Waals surface area contributed by atoms with Crippen molar-refractivity contribution < 1.29 is 4.79 Å². The Morgan fingerprint density at radius 1 is 1.42 bits per heavy atom. The highest BCUT2D eigenvalue weighted by Gasteiger charge is 2.14. The van der Waals surface area contributed by atoms with E-state index in [1.165, 1.54) is 0 Å². The first kappa shape index (κ1) is 13.5. The first-order chi connectivity index (χ1) is 9.01. The molecule has 0 bridgehead atoms. The number of aryl methyl sites for hydroxylation is 2. The van der Waals surface area contributed by atoms with Crippen molar-refractivity contribution in [3.05, 3.63) is 34.1 Å². The number of anilines is 2. The Balaban J connectivity index is 2.29. The van der Waals surface area contributed by atoms with Crippen LogP contribution in [0.1, 0.15) is 16.1 Å². The minimum atomic E-state index is -0.235. The second-order valence-corrected chi connectivity index (χ2v) is 4.96. The van der Waals surface area contributed by atoms with Crippen molar-refractivity contribution in [2.45, 2.75) is 6.92 Å². The van der Waals surface area contributed by atoms with Gasteiger partial charge >= 0.3 is 0 Å². The molecule has 0 aliphatic carbocycles. The van der Waals surface area contributed by atoms with Crippen molar-refractivity contribution in [2.75, 3.05) is 17.7 Å². The summed E-state index contributed by atoms with van der Waals surface area (Å²) in [6.45, 7) is 1.87. The highest BCUT2D eigenvalue weighted by molar-refractivity contribution is 9.10. The van der Waals surface area contributed by atoms with Gasteiger partial charge in [0.15, 0.2) is 0 Å². The van der Waals surface area contributed by atoms with Crippen LogP contribution in [0.5, 0.6) is 0 Å². The third-order valence-electron chi connectivity index (χ3n) is 2.58. The number of hydrogen-bond acceptors (Lipinski definition) is 4. The zero-order valence-corrected chi connectivity index (χ0v) is 12.4. The molecule has 100 valence electrons. The van der Waals surface area contributed by atoms with E-state index in [9.17, 15) is 4.79 Å². The van der Waals surface area contributed by atoms with Gasteiger partial charge in [0, 0.05) is 30.8 Å². The first-order valence-electron chi connectivity index (χ1n) is 5.66. The Labute approximate surface area is 119 Å². The van der Waals surface area contributed by atoms with Gasteiger partial charge in [-0.15, -0.1) is 0 Å². The molecule has 2 N–H and O–H groups in total. The van der Waals surface area contributed by atoms with Gasteiger partial charge in [-0.05, 0) is 28.9 Å². The lowest BCUT2D eigenvalue weighted by Gasteiger charge is -2.09. The summed E-state index contributed by atoms with van der Waals surface area (Å²) in [5.74, 6) is 0.935. The highest BCUT2D eigenvalue weighted by Crippen LogP contribution is 2.19. The molecule has 0 radical (unpaired) electrons. The molecule has 2 aromatic rings. The van der Waals surface area contributed by atoms with Crippen molar-refractivity contribution >= 4 is 33.5 Å². The van der Waals surface area contributed by atoms with E-state index in [1.807, 2.05) is 13.0 Å². The lowest BCUT2D eigenvalue weighted by molar-refractivity contribution is 0.102. The van der Waals surface area contributed by atoms with Gasteiger partial charge in [-0.1, -0.05) is 0 Å². The SMILES string of the molecule is CNc1ncc(Br)cc1C(=O)Nc1cc(C)nn1C. The van der Waals surface area contributed by atoms with E-state index in [4.69, 9.17) is 0 Å². The maximum absolute atomic E-state index is 12.3. The number of nitrogens with one attached hydrogen (secondary N) is 2. The molecule has 1 amide bonds. The normalized spacial score (nSPS) is 10.3. The molecule has 0 saturated heterocycles. The van der Waals surface area contributed by atoms with Gasteiger partial charge in [0.2, 0.25) is 0 Å². The number of aromatic nitrogens is 3. The Kier molecular flexibility index (Phi) is 3.84. The fourth-order valence-corrected chi connectivity index (χ4v) is 2.05. The van der Waals surface area contributed by atoms with E-state index < -0.39 is 0 Å². The number of hydrogen-bond donors (Lipinski definition) is 2. The van der Waals surface area contributed by atoms with Crippen molar-refractivity contribution in [2.24, 2.45) is 7.05 Å². The first-order valence-corrected chi connectivity index (χ1v) is 6.46. The van der Waals surface area contributed by atoms with Crippen molar-refractivity contribution in [3.8, 4) is 0 Å².